The number of fused-ring (bicyclic) bond motifs is 1. The molecule has 35 heavy (non-hydrogen) atoms. The van der Waals surface area contributed by atoms with Crippen molar-refractivity contribution in [2.24, 2.45) is 15.9 Å². The summed E-state index contributed by atoms with van der Waals surface area (Å²) >= 11 is 3.29. The number of allylic oxidation sites excluding steroid dienone is 3. The van der Waals surface area contributed by atoms with Gasteiger partial charge in [-0.2, -0.15) is 0 Å². The van der Waals surface area contributed by atoms with Crippen molar-refractivity contribution in [1.82, 2.24) is 4.90 Å². The van der Waals surface area contributed by atoms with Crippen LogP contribution in [0.2, 0.25) is 0 Å². The zero-order valence-electron chi connectivity index (χ0n) is 19.9. The minimum atomic E-state index is -0.412. The lowest BCUT2D eigenvalue weighted by Crippen LogP contribution is -2.40. The summed E-state index contributed by atoms with van der Waals surface area (Å²) in [5, 5.41) is 0. The number of amidine groups is 1. The largest absolute Gasteiger partial charge is 0.332 e. The van der Waals surface area contributed by atoms with Gasteiger partial charge >= 0.3 is 0 Å². The maximum Gasteiger partial charge on any atom is 0.254 e. The third kappa shape index (κ3) is 4.59. The van der Waals surface area contributed by atoms with E-state index in [0.717, 1.165) is 30.4 Å². The van der Waals surface area contributed by atoms with Gasteiger partial charge in [0.1, 0.15) is 5.82 Å². The SMILES string of the molecule is C=C1C(C2CC2)=CC(C(=O)N2CCc3ccccc3[C@H]2C)=C/C1=N/C(=N\C)c1ccc(Br)cc1F. The Morgan fingerprint density at radius 2 is 1.94 bits per heavy atom. The number of benzene rings is 2. The van der Waals surface area contributed by atoms with Crippen LogP contribution in [0.25, 0.3) is 0 Å². The van der Waals surface area contributed by atoms with Gasteiger partial charge in [0.15, 0.2) is 5.84 Å². The summed E-state index contributed by atoms with van der Waals surface area (Å²) in [4.78, 5) is 24.7. The van der Waals surface area contributed by atoms with Crippen LogP contribution in [0.3, 0.4) is 0 Å². The first-order valence-electron chi connectivity index (χ1n) is 11.9. The number of rotatable bonds is 3. The van der Waals surface area contributed by atoms with Crippen molar-refractivity contribution in [3.05, 3.63) is 105 Å². The molecule has 1 atom stereocenters. The van der Waals surface area contributed by atoms with Crippen molar-refractivity contribution in [1.29, 1.82) is 0 Å². The first-order valence-corrected chi connectivity index (χ1v) is 12.7. The minimum absolute atomic E-state index is 0.0127. The number of hydrogen-bond donors (Lipinski definition) is 0. The van der Waals surface area contributed by atoms with Crippen molar-refractivity contribution in [3.8, 4) is 0 Å². The van der Waals surface area contributed by atoms with E-state index in [9.17, 15) is 9.18 Å². The molecular formula is C29H27BrFN3O. The van der Waals surface area contributed by atoms with Crippen LogP contribution in [-0.2, 0) is 11.2 Å². The van der Waals surface area contributed by atoms with E-state index in [1.165, 1.54) is 17.2 Å². The Morgan fingerprint density at radius 1 is 1.17 bits per heavy atom. The highest BCUT2D eigenvalue weighted by atomic mass is 79.9. The van der Waals surface area contributed by atoms with Gasteiger partial charge in [-0.1, -0.05) is 46.8 Å². The van der Waals surface area contributed by atoms with Crippen LogP contribution in [0.1, 0.15) is 42.5 Å². The van der Waals surface area contributed by atoms with Gasteiger partial charge in [0.2, 0.25) is 0 Å². The molecule has 5 rings (SSSR count). The fourth-order valence-electron chi connectivity index (χ4n) is 4.89. The quantitative estimate of drug-likeness (QED) is 0.334. The zero-order valence-corrected chi connectivity index (χ0v) is 21.5. The van der Waals surface area contributed by atoms with Crippen LogP contribution in [-0.4, -0.2) is 35.9 Å². The van der Waals surface area contributed by atoms with E-state index in [1.807, 2.05) is 23.1 Å². The van der Waals surface area contributed by atoms with Gasteiger partial charge in [0.25, 0.3) is 5.91 Å². The summed E-state index contributed by atoms with van der Waals surface area (Å²) in [5.74, 6) is 0.224. The summed E-state index contributed by atoms with van der Waals surface area (Å²) < 4.78 is 15.3. The van der Waals surface area contributed by atoms with E-state index in [0.29, 0.717) is 33.8 Å². The molecule has 0 N–H and O–H groups in total. The number of carbonyl (C=O) groups is 1. The van der Waals surface area contributed by atoms with Crippen LogP contribution in [0.15, 0.2) is 92.4 Å². The van der Waals surface area contributed by atoms with Crippen LogP contribution >= 0.6 is 15.9 Å². The predicted molar refractivity (Wildman–Crippen MR) is 142 cm³/mol. The van der Waals surface area contributed by atoms with Gasteiger partial charge in [-0.25, -0.2) is 9.38 Å². The smallest absolute Gasteiger partial charge is 0.254 e. The highest BCUT2D eigenvalue weighted by molar-refractivity contribution is 9.10. The summed E-state index contributed by atoms with van der Waals surface area (Å²) in [5.41, 5.74) is 5.78. The molecule has 0 bridgehead atoms. The van der Waals surface area contributed by atoms with Gasteiger partial charge in [-0.05, 0) is 84.7 Å². The van der Waals surface area contributed by atoms with Crippen molar-refractivity contribution in [3.63, 3.8) is 0 Å². The third-order valence-corrected chi connectivity index (χ3v) is 7.48. The Labute approximate surface area is 213 Å². The molecule has 0 unspecified atom stereocenters. The number of hydrogen-bond acceptors (Lipinski definition) is 2. The van der Waals surface area contributed by atoms with E-state index < -0.39 is 5.82 Å². The molecule has 2 aliphatic carbocycles. The van der Waals surface area contributed by atoms with Gasteiger partial charge in [0.05, 0.1) is 17.3 Å². The number of nitrogens with zero attached hydrogens (tertiary/aromatic N) is 3. The number of aliphatic imine (C=N–C) groups is 2. The molecular weight excluding hydrogens is 505 g/mol. The van der Waals surface area contributed by atoms with Gasteiger partial charge in [-0.15, -0.1) is 0 Å². The van der Waals surface area contributed by atoms with Crippen LogP contribution in [0, 0.1) is 11.7 Å². The Balaban J connectivity index is 1.52. The Kier molecular flexibility index (Phi) is 6.41. The molecule has 0 radical (unpaired) electrons. The number of amides is 1. The standard InChI is InChI=1S/C29H27BrFN3O/c1-17-25(20-8-9-20)14-21(29(35)34-13-12-19-6-4-5-7-23(19)18(34)2)15-27(17)33-28(32-3)24-11-10-22(30)16-26(24)31/h4-7,10-11,14-16,18,20H,1,8-9,12-13H2,2-3H3/b32-28-,33-27-/t18-/m1/s1. The first-order chi connectivity index (χ1) is 16.9. The molecule has 2 aromatic rings. The van der Waals surface area contributed by atoms with E-state index in [4.69, 9.17) is 4.99 Å². The molecule has 1 saturated carbocycles. The topological polar surface area (TPSA) is 45.0 Å². The lowest BCUT2D eigenvalue weighted by atomic mass is 9.88. The van der Waals surface area contributed by atoms with Crippen molar-refractivity contribution in [2.45, 2.75) is 32.2 Å². The summed E-state index contributed by atoms with van der Waals surface area (Å²) in [6.45, 7) is 7.03. The highest BCUT2D eigenvalue weighted by Gasteiger charge is 2.34. The van der Waals surface area contributed by atoms with Crippen LogP contribution in [0.5, 0.6) is 0 Å². The lowest BCUT2D eigenvalue weighted by molar-refractivity contribution is -0.129. The highest BCUT2D eigenvalue weighted by Crippen LogP contribution is 2.42. The second-order valence-electron chi connectivity index (χ2n) is 9.24. The molecule has 1 heterocycles. The zero-order chi connectivity index (χ0) is 24.7. The molecule has 2 aromatic carbocycles. The number of carbonyl (C=O) groups excluding carboxylic acids is 1. The lowest BCUT2D eigenvalue weighted by Gasteiger charge is -2.36. The number of halogens is 2. The Bertz CT molecular complexity index is 1350. The normalized spacial score (nSPS) is 21.5. The first kappa shape index (κ1) is 23.6. The van der Waals surface area contributed by atoms with E-state index in [1.54, 1.807) is 25.3 Å². The maximum absolute atomic E-state index is 14.7. The molecule has 4 nitrogen and oxygen atoms in total. The molecule has 6 heteroatoms. The van der Waals surface area contributed by atoms with Gasteiger partial charge in [-0.3, -0.25) is 9.79 Å². The second kappa shape index (κ2) is 9.50. The minimum Gasteiger partial charge on any atom is -0.332 e. The fourth-order valence-corrected chi connectivity index (χ4v) is 5.22. The predicted octanol–water partition coefficient (Wildman–Crippen LogP) is 6.38. The average molecular weight is 532 g/mol. The molecule has 0 aromatic heterocycles. The molecule has 1 fully saturated rings. The Morgan fingerprint density at radius 3 is 2.66 bits per heavy atom. The molecule has 178 valence electrons. The molecule has 3 aliphatic rings. The van der Waals surface area contributed by atoms with Gasteiger partial charge < -0.3 is 4.90 Å². The molecule has 1 aliphatic heterocycles. The van der Waals surface area contributed by atoms with Gasteiger partial charge in [0, 0.05) is 23.6 Å². The van der Waals surface area contributed by atoms with Crippen LogP contribution in [0.4, 0.5) is 4.39 Å². The van der Waals surface area contributed by atoms with E-state index in [-0.39, 0.29) is 17.8 Å². The Hall–Kier alpha value is -3.12. The monoisotopic (exact) mass is 531 g/mol. The van der Waals surface area contributed by atoms with E-state index in [2.05, 4.69) is 46.6 Å². The maximum atomic E-state index is 14.7. The fraction of sp³-hybridized carbons (Fsp3) is 0.276. The van der Waals surface area contributed by atoms with E-state index >= 15 is 0 Å². The second-order valence-corrected chi connectivity index (χ2v) is 10.2. The summed E-state index contributed by atoms with van der Waals surface area (Å²) in [6, 6.07) is 13.1. The molecule has 0 spiro atoms. The van der Waals surface area contributed by atoms with Crippen molar-refractivity contribution in [2.75, 3.05) is 13.6 Å². The molecule has 0 saturated heterocycles. The van der Waals surface area contributed by atoms with Crippen LogP contribution < -0.4 is 0 Å². The van der Waals surface area contributed by atoms with Crippen molar-refractivity contribution >= 4 is 33.4 Å². The van der Waals surface area contributed by atoms with Crippen molar-refractivity contribution < 1.29 is 9.18 Å². The summed E-state index contributed by atoms with van der Waals surface area (Å²) in [7, 11) is 1.59. The average Bonchev–Trinajstić information content (AvgIpc) is 3.69. The molecule has 1 amide bonds. The third-order valence-electron chi connectivity index (χ3n) is 6.99. The summed E-state index contributed by atoms with van der Waals surface area (Å²) in [6.07, 6.45) is 6.75.